The summed E-state index contributed by atoms with van der Waals surface area (Å²) in [6, 6.07) is 10.2. The Balaban J connectivity index is 1.97. The zero-order valence-electron chi connectivity index (χ0n) is 12.9. The number of aromatic nitrogens is 2. The van der Waals surface area contributed by atoms with Gasteiger partial charge in [0, 0.05) is 30.0 Å². The van der Waals surface area contributed by atoms with Crippen LogP contribution < -0.4 is 5.32 Å². The highest BCUT2D eigenvalue weighted by Crippen LogP contribution is 2.19. The fourth-order valence-electron chi connectivity index (χ4n) is 2.63. The molecule has 1 unspecified atom stereocenters. The second kappa shape index (κ2) is 7.38. The van der Waals surface area contributed by atoms with E-state index in [0.717, 1.165) is 37.3 Å². The molecule has 0 radical (unpaired) electrons. The van der Waals surface area contributed by atoms with Crippen LogP contribution in [0.3, 0.4) is 0 Å². The number of imidazole rings is 1. The van der Waals surface area contributed by atoms with Gasteiger partial charge in [0.25, 0.3) is 0 Å². The molecule has 4 nitrogen and oxygen atoms in total. The predicted octanol–water partition coefficient (Wildman–Crippen LogP) is 2.69. The van der Waals surface area contributed by atoms with Gasteiger partial charge >= 0.3 is 0 Å². The average molecular weight is 287 g/mol. The number of aliphatic hydroxyl groups excluding tert-OH is 1. The molecule has 1 heterocycles. The van der Waals surface area contributed by atoms with Crippen LogP contribution in [0.4, 0.5) is 0 Å². The molecule has 0 fully saturated rings. The third-order valence-corrected chi connectivity index (χ3v) is 3.83. The van der Waals surface area contributed by atoms with Crippen LogP contribution >= 0.6 is 0 Å². The number of likely N-dealkylation sites (N-methyl/N-ethyl adjacent to an activating group) is 1. The highest BCUT2D eigenvalue weighted by atomic mass is 16.3. The quantitative estimate of drug-likeness (QED) is 0.785. The second-order valence-electron chi connectivity index (χ2n) is 5.66. The topological polar surface area (TPSA) is 50.1 Å². The lowest BCUT2D eigenvalue weighted by Crippen LogP contribution is -2.45. The van der Waals surface area contributed by atoms with Gasteiger partial charge in [-0.05, 0) is 26.3 Å². The Kier molecular flexibility index (Phi) is 5.53. The van der Waals surface area contributed by atoms with Gasteiger partial charge in [-0.1, -0.05) is 37.3 Å². The van der Waals surface area contributed by atoms with Gasteiger partial charge in [0.2, 0.25) is 0 Å². The highest BCUT2D eigenvalue weighted by Gasteiger charge is 2.21. The standard InChI is InChI=1S/C17H25N3O/c1-3-19-17(2,14-21)10-7-12-20-13-11-18-16(20)15-8-5-4-6-9-15/h4-6,8-9,11,13,19,21H,3,7,10,12,14H2,1-2H3. The molecule has 2 rings (SSSR count). The van der Waals surface area contributed by atoms with Gasteiger partial charge in [-0.2, -0.15) is 0 Å². The van der Waals surface area contributed by atoms with E-state index in [1.54, 1.807) is 0 Å². The molecule has 0 aliphatic heterocycles. The van der Waals surface area contributed by atoms with Gasteiger partial charge in [-0.25, -0.2) is 4.98 Å². The van der Waals surface area contributed by atoms with Crippen LogP contribution in [-0.2, 0) is 6.54 Å². The van der Waals surface area contributed by atoms with Crippen LogP contribution in [0.2, 0.25) is 0 Å². The van der Waals surface area contributed by atoms with E-state index in [-0.39, 0.29) is 12.1 Å². The monoisotopic (exact) mass is 287 g/mol. The molecule has 21 heavy (non-hydrogen) atoms. The molecule has 0 amide bonds. The Labute approximate surface area is 126 Å². The first-order valence-electron chi connectivity index (χ1n) is 7.61. The first kappa shape index (κ1) is 15.7. The van der Waals surface area contributed by atoms with E-state index in [1.165, 1.54) is 0 Å². The van der Waals surface area contributed by atoms with Gasteiger partial charge in [0.15, 0.2) is 0 Å². The van der Waals surface area contributed by atoms with Gasteiger partial charge in [0.05, 0.1) is 6.61 Å². The molecule has 114 valence electrons. The van der Waals surface area contributed by atoms with Crippen molar-refractivity contribution >= 4 is 0 Å². The smallest absolute Gasteiger partial charge is 0.139 e. The van der Waals surface area contributed by atoms with E-state index in [0.29, 0.717) is 0 Å². The van der Waals surface area contributed by atoms with Crippen molar-refractivity contribution in [3.8, 4) is 11.4 Å². The molecule has 4 heteroatoms. The molecule has 0 saturated heterocycles. The largest absolute Gasteiger partial charge is 0.394 e. The molecule has 0 spiro atoms. The van der Waals surface area contributed by atoms with Crippen molar-refractivity contribution in [1.82, 2.24) is 14.9 Å². The van der Waals surface area contributed by atoms with E-state index in [2.05, 4.69) is 40.8 Å². The Morgan fingerprint density at radius 3 is 2.71 bits per heavy atom. The first-order chi connectivity index (χ1) is 10.2. The van der Waals surface area contributed by atoms with Crippen molar-refractivity contribution in [2.24, 2.45) is 0 Å². The van der Waals surface area contributed by atoms with Crippen LogP contribution in [0.25, 0.3) is 11.4 Å². The minimum Gasteiger partial charge on any atom is -0.394 e. The van der Waals surface area contributed by atoms with E-state index in [4.69, 9.17) is 0 Å². The molecule has 2 N–H and O–H groups in total. The molecule has 1 aromatic carbocycles. The summed E-state index contributed by atoms with van der Waals surface area (Å²) in [7, 11) is 0. The minimum atomic E-state index is -0.192. The lowest BCUT2D eigenvalue weighted by atomic mass is 9.97. The van der Waals surface area contributed by atoms with Crippen LogP contribution in [0, 0.1) is 0 Å². The lowest BCUT2D eigenvalue weighted by Gasteiger charge is -2.28. The summed E-state index contributed by atoms with van der Waals surface area (Å²) in [6.45, 7) is 6.08. The van der Waals surface area contributed by atoms with Crippen LogP contribution in [0.15, 0.2) is 42.7 Å². The molecule has 1 atom stereocenters. The second-order valence-corrected chi connectivity index (χ2v) is 5.66. The Morgan fingerprint density at radius 2 is 2.05 bits per heavy atom. The maximum atomic E-state index is 9.52. The normalized spacial score (nSPS) is 14.0. The van der Waals surface area contributed by atoms with Crippen molar-refractivity contribution in [1.29, 1.82) is 0 Å². The van der Waals surface area contributed by atoms with Crippen molar-refractivity contribution in [3.63, 3.8) is 0 Å². The molecule has 0 aliphatic carbocycles. The summed E-state index contributed by atoms with van der Waals surface area (Å²) < 4.78 is 2.18. The van der Waals surface area contributed by atoms with Crippen LogP contribution in [0.5, 0.6) is 0 Å². The molecule has 0 bridgehead atoms. The zero-order chi connectivity index (χ0) is 15.1. The summed E-state index contributed by atoms with van der Waals surface area (Å²) in [5, 5.41) is 12.9. The number of nitrogens with zero attached hydrogens (tertiary/aromatic N) is 2. The number of aliphatic hydroxyl groups is 1. The zero-order valence-corrected chi connectivity index (χ0v) is 12.9. The SMILES string of the molecule is CCNC(C)(CO)CCCn1ccnc1-c1ccccc1. The molecule has 1 aromatic heterocycles. The first-order valence-corrected chi connectivity index (χ1v) is 7.61. The number of hydrogen-bond acceptors (Lipinski definition) is 3. The van der Waals surface area contributed by atoms with Gasteiger partial charge in [0.1, 0.15) is 5.82 Å². The van der Waals surface area contributed by atoms with Gasteiger partial charge < -0.3 is 15.0 Å². The summed E-state index contributed by atoms with van der Waals surface area (Å²) in [5.74, 6) is 1.00. The van der Waals surface area contributed by atoms with Crippen molar-refractivity contribution in [2.45, 2.75) is 38.8 Å². The molecule has 0 saturated carbocycles. The molecule has 0 aliphatic rings. The van der Waals surface area contributed by atoms with Crippen LogP contribution in [0.1, 0.15) is 26.7 Å². The summed E-state index contributed by atoms with van der Waals surface area (Å²) in [6.07, 6.45) is 5.80. The summed E-state index contributed by atoms with van der Waals surface area (Å²) >= 11 is 0. The number of aryl methyl sites for hydroxylation is 1. The van der Waals surface area contributed by atoms with E-state index in [9.17, 15) is 5.11 Å². The number of hydrogen-bond donors (Lipinski definition) is 2. The maximum absolute atomic E-state index is 9.52. The molecular formula is C17H25N3O. The third-order valence-electron chi connectivity index (χ3n) is 3.83. The minimum absolute atomic E-state index is 0.163. The molecular weight excluding hydrogens is 262 g/mol. The highest BCUT2D eigenvalue weighted by molar-refractivity contribution is 5.54. The third kappa shape index (κ3) is 4.16. The number of nitrogens with one attached hydrogen (secondary N) is 1. The number of rotatable bonds is 8. The van der Waals surface area contributed by atoms with Crippen molar-refractivity contribution in [2.75, 3.05) is 13.2 Å². The van der Waals surface area contributed by atoms with Gasteiger partial charge in [-0.3, -0.25) is 0 Å². The van der Waals surface area contributed by atoms with E-state index in [1.807, 2.05) is 30.6 Å². The Bertz CT molecular complexity index is 538. The maximum Gasteiger partial charge on any atom is 0.139 e. The molecule has 2 aromatic rings. The average Bonchev–Trinajstić information content (AvgIpc) is 2.97. The lowest BCUT2D eigenvalue weighted by molar-refractivity contribution is 0.164. The predicted molar refractivity (Wildman–Crippen MR) is 86.1 cm³/mol. The van der Waals surface area contributed by atoms with Crippen LogP contribution in [-0.4, -0.2) is 33.3 Å². The number of benzene rings is 1. The van der Waals surface area contributed by atoms with E-state index < -0.39 is 0 Å². The van der Waals surface area contributed by atoms with Gasteiger partial charge in [-0.15, -0.1) is 0 Å². The Hall–Kier alpha value is -1.65. The fourth-order valence-corrected chi connectivity index (χ4v) is 2.63. The van der Waals surface area contributed by atoms with Crippen molar-refractivity contribution < 1.29 is 5.11 Å². The summed E-state index contributed by atoms with van der Waals surface area (Å²) in [4.78, 5) is 4.46. The van der Waals surface area contributed by atoms with Crippen molar-refractivity contribution in [3.05, 3.63) is 42.7 Å². The van der Waals surface area contributed by atoms with E-state index >= 15 is 0 Å². The Morgan fingerprint density at radius 1 is 1.29 bits per heavy atom. The summed E-state index contributed by atoms with van der Waals surface area (Å²) in [5.41, 5.74) is 0.946. The fraction of sp³-hybridized carbons (Fsp3) is 0.471.